The predicted molar refractivity (Wildman–Crippen MR) is 122 cm³/mol. The molecule has 2 aromatic heterocycles. The van der Waals surface area contributed by atoms with Crippen LogP contribution in [0.5, 0.6) is 5.75 Å². The van der Waals surface area contributed by atoms with E-state index in [1.165, 1.54) is 0 Å². The van der Waals surface area contributed by atoms with Crippen molar-refractivity contribution in [1.82, 2.24) is 25.3 Å². The Morgan fingerprint density at radius 1 is 1.16 bits per heavy atom. The van der Waals surface area contributed by atoms with Crippen LogP contribution in [0.4, 0.5) is 0 Å². The zero-order valence-electron chi connectivity index (χ0n) is 18.8. The summed E-state index contributed by atoms with van der Waals surface area (Å²) in [6.45, 7) is 7.02. The average molecular weight is 432 g/mol. The van der Waals surface area contributed by atoms with Gasteiger partial charge in [-0.2, -0.15) is 0 Å². The highest BCUT2D eigenvalue weighted by Gasteiger charge is 2.34. The highest BCUT2D eigenvalue weighted by Crippen LogP contribution is 2.40. The van der Waals surface area contributed by atoms with E-state index in [2.05, 4.69) is 34.1 Å². The first-order chi connectivity index (χ1) is 15.4. The van der Waals surface area contributed by atoms with Gasteiger partial charge in [0.05, 0.1) is 24.5 Å². The maximum atomic E-state index is 12.8. The van der Waals surface area contributed by atoms with Gasteiger partial charge >= 0.3 is 0 Å². The van der Waals surface area contributed by atoms with E-state index in [-0.39, 0.29) is 17.4 Å². The summed E-state index contributed by atoms with van der Waals surface area (Å²) < 4.78 is 5.48. The van der Waals surface area contributed by atoms with Gasteiger partial charge in [-0.3, -0.25) is 9.78 Å². The Morgan fingerprint density at radius 3 is 2.69 bits per heavy atom. The molecule has 7 heteroatoms. The smallest absolute Gasteiger partial charge is 0.220 e. The van der Waals surface area contributed by atoms with Gasteiger partial charge in [0.2, 0.25) is 5.91 Å². The molecule has 3 aromatic rings. The van der Waals surface area contributed by atoms with Gasteiger partial charge in [0.15, 0.2) is 5.82 Å². The van der Waals surface area contributed by atoms with Crippen LogP contribution in [0.3, 0.4) is 0 Å². The quantitative estimate of drug-likeness (QED) is 0.606. The van der Waals surface area contributed by atoms with Gasteiger partial charge in [-0.25, -0.2) is 15.0 Å². The van der Waals surface area contributed by atoms with Gasteiger partial charge in [-0.05, 0) is 49.3 Å². The number of nitrogens with zero attached hydrogens (tertiary/aromatic N) is 4. The average Bonchev–Trinajstić information content (AvgIpc) is 2.78. The van der Waals surface area contributed by atoms with Crippen molar-refractivity contribution in [3.05, 3.63) is 65.9 Å². The lowest BCUT2D eigenvalue weighted by Crippen LogP contribution is -2.37. The summed E-state index contributed by atoms with van der Waals surface area (Å²) in [6, 6.07) is 7.82. The minimum atomic E-state index is -0.0995. The molecule has 0 spiro atoms. The van der Waals surface area contributed by atoms with Crippen molar-refractivity contribution in [2.75, 3.05) is 6.61 Å². The van der Waals surface area contributed by atoms with Crippen molar-refractivity contribution in [3.8, 4) is 17.3 Å². The number of nitrogens with one attached hydrogen (secondary N) is 1. The number of ether oxygens (including phenoxy) is 1. The molecule has 1 N–H and O–H groups in total. The van der Waals surface area contributed by atoms with Crippen LogP contribution in [0, 0.1) is 5.41 Å². The molecule has 2 heterocycles. The molecular formula is C25H29N5O2. The molecule has 1 aliphatic rings. The van der Waals surface area contributed by atoms with Crippen molar-refractivity contribution >= 4 is 5.91 Å². The number of hydrogen-bond donors (Lipinski definition) is 1. The number of benzene rings is 1. The molecule has 0 bridgehead atoms. The fourth-order valence-corrected chi connectivity index (χ4v) is 4.16. The van der Waals surface area contributed by atoms with E-state index >= 15 is 0 Å². The fourth-order valence-electron chi connectivity index (χ4n) is 4.16. The fraction of sp³-hybridized carbons (Fsp3) is 0.400. The van der Waals surface area contributed by atoms with E-state index in [0.29, 0.717) is 31.0 Å². The van der Waals surface area contributed by atoms with Gasteiger partial charge in [-0.15, -0.1) is 0 Å². The number of rotatable bonds is 7. The predicted octanol–water partition coefficient (Wildman–Crippen LogP) is 4.09. The van der Waals surface area contributed by atoms with Gasteiger partial charge in [0, 0.05) is 30.6 Å². The summed E-state index contributed by atoms with van der Waals surface area (Å²) in [6.07, 6.45) is 9.55. The topological polar surface area (TPSA) is 89.9 Å². The van der Waals surface area contributed by atoms with Gasteiger partial charge in [-0.1, -0.05) is 26.0 Å². The minimum absolute atomic E-state index is 0.0219. The molecule has 32 heavy (non-hydrogen) atoms. The van der Waals surface area contributed by atoms with E-state index in [4.69, 9.17) is 9.72 Å². The zero-order chi connectivity index (χ0) is 22.6. The summed E-state index contributed by atoms with van der Waals surface area (Å²) in [5.41, 5.74) is 3.74. The lowest BCUT2D eigenvalue weighted by atomic mass is 9.74. The molecule has 0 unspecified atom stereocenters. The van der Waals surface area contributed by atoms with E-state index in [1.54, 1.807) is 18.6 Å². The Morgan fingerprint density at radius 2 is 1.97 bits per heavy atom. The van der Waals surface area contributed by atoms with Crippen molar-refractivity contribution < 1.29 is 9.53 Å². The number of aryl methyl sites for hydroxylation is 1. The highest BCUT2D eigenvalue weighted by atomic mass is 16.5. The lowest BCUT2D eigenvalue weighted by Gasteiger charge is -2.36. The number of hydrogen-bond acceptors (Lipinski definition) is 6. The van der Waals surface area contributed by atoms with E-state index in [1.807, 2.05) is 37.4 Å². The van der Waals surface area contributed by atoms with E-state index in [9.17, 15) is 4.79 Å². The summed E-state index contributed by atoms with van der Waals surface area (Å²) in [5.74, 6) is 1.45. The molecule has 0 aliphatic heterocycles. The minimum Gasteiger partial charge on any atom is -0.494 e. The summed E-state index contributed by atoms with van der Waals surface area (Å²) in [5, 5.41) is 3.22. The van der Waals surface area contributed by atoms with Crippen molar-refractivity contribution in [2.45, 2.75) is 52.5 Å². The standard InChI is InChI=1S/C25H29N5O2/c1-4-32-18-8-5-17(6-9-18)7-10-23(31)29-20-13-25(2,3)14-21-19(20)15-28-24(30-21)22-16-26-11-12-27-22/h5-6,8-9,11-12,15-16,20H,4,7,10,13-14H2,1-3H3,(H,29,31)/t20-/m0/s1. The molecule has 166 valence electrons. The third kappa shape index (κ3) is 5.28. The van der Waals surface area contributed by atoms with Crippen LogP contribution < -0.4 is 10.1 Å². The molecule has 0 radical (unpaired) electrons. The highest BCUT2D eigenvalue weighted by molar-refractivity contribution is 5.76. The third-order valence-corrected chi connectivity index (χ3v) is 5.68. The number of carbonyl (C=O) groups excluding carboxylic acids is 1. The first-order valence-corrected chi connectivity index (χ1v) is 11.1. The number of amides is 1. The Kier molecular flexibility index (Phi) is 6.44. The van der Waals surface area contributed by atoms with Crippen LogP contribution in [0.1, 0.15) is 56.5 Å². The number of aromatic nitrogens is 4. The van der Waals surface area contributed by atoms with Crippen LogP contribution in [-0.4, -0.2) is 32.4 Å². The zero-order valence-corrected chi connectivity index (χ0v) is 18.8. The second kappa shape index (κ2) is 9.42. The second-order valence-corrected chi connectivity index (χ2v) is 8.93. The maximum absolute atomic E-state index is 12.8. The maximum Gasteiger partial charge on any atom is 0.220 e. The van der Waals surface area contributed by atoms with Crippen LogP contribution in [0.2, 0.25) is 0 Å². The molecule has 1 aromatic carbocycles. The molecule has 0 saturated heterocycles. The molecule has 7 nitrogen and oxygen atoms in total. The van der Waals surface area contributed by atoms with Gasteiger partial charge < -0.3 is 10.1 Å². The molecule has 1 amide bonds. The third-order valence-electron chi connectivity index (χ3n) is 5.68. The monoisotopic (exact) mass is 431 g/mol. The van der Waals surface area contributed by atoms with Crippen LogP contribution in [0.25, 0.3) is 11.5 Å². The van der Waals surface area contributed by atoms with E-state index < -0.39 is 0 Å². The Balaban J connectivity index is 1.45. The first-order valence-electron chi connectivity index (χ1n) is 11.1. The van der Waals surface area contributed by atoms with E-state index in [0.717, 1.165) is 35.4 Å². The summed E-state index contributed by atoms with van der Waals surface area (Å²) in [4.78, 5) is 30.5. The summed E-state index contributed by atoms with van der Waals surface area (Å²) in [7, 11) is 0. The Hall–Kier alpha value is -3.35. The normalized spacial score (nSPS) is 16.8. The van der Waals surface area contributed by atoms with Gasteiger partial charge in [0.1, 0.15) is 11.4 Å². The molecule has 4 rings (SSSR count). The molecule has 1 aliphatic carbocycles. The Labute approximate surface area is 188 Å². The molecule has 0 fully saturated rings. The Bertz CT molecular complexity index is 1070. The number of carbonyl (C=O) groups is 1. The SMILES string of the molecule is CCOc1ccc(CCC(=O)N[C@H]2CC(C)(C)Cc3nc(-c4cnccn4)ncc32)cc1. The van der Waals surface area contributed by atoms with Crippen molar-refractivity contribution in [1.29, 1.82) is 0 Å². The number of fused-ring (bicyclic) bond motifs is 1. The molecule has 0 saturated carbocycles. The van der Waals surface area contributed by atoms with Gasteiger partial charge in [0.25, 0.3) is 0 Å². The van der Waals surface area contributed by atoms with Crippen LogP contribution in [0.15, 0.2) is 49.1 Å². The molecule has 1 atom stereocenters. The van der Waals surface area contributed by atoms with Crippen LogP contribution >= 0.6 is 0 Å². The van der Waals surface area contributed by atoms with Crippen molar-refractivity contribution in [2.24, 2.45) is 5.41 Å². The largest absolute Gasteiger partial charge is 0.494 e. The molecular weight excluding hydrogens is 402 g/mol. The summed E-state index contributed by atoms with van der Waals surface area (Å²) >= 11 is 0. The second-order valence-electron chi connectivity index (χ2n) is 8.93. The first kappa shape index (κ1) is 21.9. The lowest BCUT2D eigenvalue weighted by molar-refractivity contribution is -0.122. The van der Waals surface area contributed by atoms with Crippen molar-refractivity contribution in [3.63, 3.8) is 0 Å². The van der Waals surface area contributed by atoms with Crippen LogP contribution in [-0.2, 0) is 17.6 Å².